The van der Waals surface area contributed by atoms with Crippen molar-refractivity contribution < 1.29 is 9.18 Å². The van der Waals surface area contributed by atoms with Gasteiger partial charge in [0, 0.05) is 0 Å². The van der Waals surface area contributed by atoms with E-state index in [9.17, 15) is 9.18 Å². The van der Waals surface area contributed by atoms with Gasteiger partial charge >= 0.3 is 0 Å². The maximum absolute atomic E-state index is 12.7. The van der Waals surface area contributed by atoms with Gasteiger partial charge in [-0.3, -0.25) is 4.79 Å². The van der Waals surface area contributed by atoms with Gasteiger partial charge in [0.2, 0.25) is 0 Å². The van der Waals surface area contributed by atoms with Crippen molar-refractivity contribution in [3.63, 3.8) is 0 Å². The van der Waals surface area contributed by atoms with Crippen LogP contribution < -0.4 is 5.43 Å². The Bertz CT molecular complexity index is 675. The number of hydrogen-bond donors (Lipinski definition) is 1. The lowest BCUT2D eigenvalue weighted by Gasteiger charge is -2.06. The van der Waals surface area contributed by atoms with Crippen LogP contribution in [-0.2, 0) is 4.79 Å². The van der Waals surface area contributed by atoms with Gasteiger partial charge in [-0.1, -0.05) is 42.5 Å². The van der Waals surface area contributed by atoms with Crippen LogP contribution in [0.15, 0.2) is 59.7 Å². The van der Waals surface area contributed by atoms with Crippen LogP contribution in [0.4, 0.5) is 4.39 Å². The van der Waals surface area contributed by atoms with Gasteiger partial charge in [-0.2, -0.15) is 10.4 Å². The minimum Gasteiger partial charge on any atom is -0.271 e. The molecule has 104 valence electrons. The second-order valence-corrected chi connectivity index (χ2v) is 4.26. The topological polar surface area (TPSA) is 65.2 Å². The van der Waals surface area contributed by atoms with Crippen molar-refractivity contribution in [2.24, 2.45) is 5.10 Å². The fourth-order valence-corrected chi connectivity index (χ4v) is 1.71. The second-order valence-electron chi connectivity index (χ2n) is 4.26. The molecule has 0 aliphatic rings. The summed E-state index contributed by atoms with van der Waals surface area (Å²) in [7, 11) is 0. The molecule has 0 heterocycles. The molecule has 4 nitrogen and oxygen atoms in total. The number of nitriles is 1. The Morgan fingerprint density at radius 2 is 1.86 bits per heavy atom. The molecule has 1 atom stereocenters. The Morgan fingerprint density at radius 1 is 1.19 bits per heavy atom. The van der Waals surface area contributed by atoms with Gasteiger partial charge in [-0.25, -0.2) is 9.82 Å². The maximum atomic E-state index is 12.7. The lowest BCUT2D eigenvalue weighted by molar-refractivity contribution is -0.121. The number of nitrogens with one attached hydrogen (secondary N) is 1. The van der Waals surface area contributed by atoms with Crippen molar-refractivity contribution in [1.82, 2.24) is 5.43 Å². The first-order valence-electron chi connectivity index (χ1n) is 6.24. The monoisotopic (exact) mass is 281 g/mol. The fraction of sp³-hybridized carbons (Fsp3) is 0.0625. The molecule has 0 bridgehead atoms. The van der Waals surface area contributed by atoms with Crippen LogP contribution in [0.3, 0.4) is 0 Å². The molecule has 5 heteroatoms. The average molecular weight is 281 g/mol. The van der Waals surface area contributed by atoms with Gasteiger partial charge in [0.25, 0.3) is 5.91 Å². The average Bonchev–Trinajstić information content (AvgIpc) is 2.51. The summed E-state index contributed by atoms with van der Waals surface area (Å²) in [5.74, 6) is -1.77. The zero-order valence-electron chi connectivity index (χ0n) is 11.0. The SMILES string of the molecule is N#C[C@H](C(=O)N/N=C\c1ccc(F)cc1)c1ccccc1. The molecule has 0 saturated carbocycles. The highest BCUT2D eigenvalue weighted by Crippen LogP contribution is 2.14. The van der Waals surface area contributed by atoms with E-state index < -0.39 is 11.8 Å². The highest BCUT2D eigenvalue weighted by molar-refractivity contribution is 5.88. The Balaban J connectivity index is 2.01. The molecule has 0 saturated heterocycles. The lowest BCUT2D eigenvalue weighted by atomic mass is 10.0. The van der Waals surface area contributed by atoms with E-state index in [0.717, 1.165) is 0 Å². The molecular formula is C16H12FN3O. The van der Waals surface area contributed by atoms with Crippen molar-refractivity contribution in [3.8, 4) is 6.07 Å². The number of carbonyl (C=O) groups is 1. The molecular weight excluding hydrogens is 269 g/mol. The third-order valence-corrected chi connectivity index (χ3v) is 2.78. The highest BCUT2D eigenvalue weighted by Gasteiger charge is 2.19. The molecule has 0 aliphatic carbocycles. The number of hydrazone groups is 1. The van der Waals surface area contributed by atoms with Crippen LogP contribution in [0, 0.1) is 17.1 Å². The second kappa shape index (κ2) is 6.96. The van der Waals surface area contributed by atoms with Crippen LogP contribution in [-0.4, -0.2) is 12.1 Å². The Hall–Kier alpha value is -3.00. The molecule has 21 heavy (non-hydrogen) atoms. The summed E-state index contributed by atoms with van der Waals surface area (Å²) in [4.78, 5) is 11.9. The Morgan fingerprint density at radius 3 is 2.48 bits per heavy atom. The van der Waals surface area contributed by atoms with E-state index in [-0.39, 0.29) is 5.82 Å². The molecule has 0 aromatic heterocycles. The van der Waals surface area contributed by atoms with Gasteiger partial charge in [0.1, 0.15) is 5.82 Å². The summed E-state index contributed by atoms with van der Waals surface area (Å²) in [6.45, 7) is 0. The van der Waals surface area contributed by atoms with Gasteiger partial charge in [-0.05, 0) is 23.3 Å². The largest absolute Gasteiger partial charge is 0.271 e. The van der Waals surface area contributed by atoms with Gasteiger partial charge in [0.15, 0.2) is 5.92 Å². The zero-order valence-corrected chi connectivity index (χ0v) is 11.0. The predicted molar refractivity (Wildman–Crippen MR) is 76.9 cm³/mol. The summed E-state index contributed by atoms with van der Waals surface area (Å²) >= 11 is 0. The quantitative estimate of drug-likeness (QED) is 0.691. The van der Waals surface area contributed by atoms with Gasteiger partial charge in [-0.15, -0.1) is 0 Å². The van der Waals surface area contributed by atoms with E-state index in [0.29, 0.717) is 11.1 Å². The van der Waals surface area contributed by atoms with Crippen molar-refractivity contribution in [2.45, 2.75) is 5.92 Å². The minimum absolute atomic E-state index is 0.343. The standard InChI is InChI=1S/C16H12FN3O/c17-14-8-6-12(7-9-14)11-19-20-16(21)15(10-18)13-4-2-1-3-5-13/h1-9,11,15H,(H,20,21)/b19-11-/t15-/m0/s1. The normalized spacial score (nSPS) is 11.8. The molecule has 0 fully saturated rings. The van der Waals surface area contributed by atoms with E-state index in [1.165, 1.54) is 30.5 Å². The summed E-state index contributed by atoms with van der Waals surface area (Å²) in [6.07, 6.45) is 1.39. The number of benzene rings is 2. The van der Waals surface area contributed by atoms with E-state index >= 15 is 0 Å². The number of rotatable bonds is 4. The molecule has 0 aliphatic heterocycles. The van der Waals surface area contributed by atoms with Crippen LogP contribution in [0.2, 0.25) is 0 Å². The number of halogens is 1. The number of carbonyl (C=O) groups excluding carboxylic acids is 1. The third-order valence-electron chi connectivity index (χ3n) is 2.78. The smallest absolute Gasteiger partial charge is 0.261 e. The van der Waals surface area contributed by atoms with E-state index in [1.807, 2.05) is 12.1 Å². The maximum Gasteiger partial charge on any atom is 0.261 e. The highest BCUT2D eigenvalue weighted by atomic mass is 19.1. The molecule has 2 rings (SSSR count). The number of nitrogens with zero attached hydrogens (tertiary/aromatic N) is 2. The molecule has 0 unspecified atom stereocenters. The van der Waals surface area contributed by atoms with Crippen LogP contribution in [0.25, 0.3) is 0 Å². The summed E-state index contributed by atoms with van der Waals surface area (Å²) in [5.41, 5.74) is 3.56. The van der Waals surface area contributed by atoms with E-state index in [1.54, 1.807) is 24.3 Å². The minimum atomic E-state index is -0.920. The number of amides is 1. The first-order chi connectivity index (χ1) is 10.2. The molecule has 0 spiro atoms. The third kappa shape index (κ3) is 3.98. The zero-order chi connectivity index (χ0) is 15.1. The van der Waals surface area contributed by atoms with Crippen LogP contribution in [0.5, 0.6) is 0 Å². The fourth-order valence-electron chi connectivity index (χ4n) is 1.71. The molecule has 0 radical (unpaired) electrons. The predicted octanol–water partition coefficient (Wildman–Crippen LogP) is 2.58. The van der Waals surface area contributed by atoms with Crippen LogP contribution >= 0.6 is 0 Å². The van der Waals surface area contributed by atoms with E-state index in [2.05, 4.69) is 10.5 Å². The summed E-state index contributed by atoms with van der Waals surface area (Å²) in [5, 5.41) is 12.9. The molecule has 1 amide bonds. The van der Waals surface area contributed by atoms with Crippen molar-refractivity contribution in [1.29, 1.82) is 5.26 Å². The van der Waals surface area contributed by atoms with E-state index in [4.69, 9.17) is 5.26 Å². The first-order valence-corrected chi connectivity index (χ1v) is 6.24. The Kier molecular flexibility index (Phi) is 4.78. The lowest BCUT2D eigenvalue weighted by Crippen LogP contribution is -2.24. The van der Waals surface area contributed by atoms with Crippen molar-refractivity contribution in [3.05, 3.63) is 71.5 Å². The molecule has 2 aromatic rings. The number of hydrogen-bond acceptors (Lipinski definition) is 3. The van der Waals surface area contributed by atoms with Crippen molar-refractivity contribution in [2.75, 3.05) is 0 Å². The van der Waals surface area contributed by atoms with Gasteiger partial charge in [0.05, 0.1) is 12.3 Å². The summed E-state index contributed by atoms with van der Waals surface area (Å²) < 4.78 is 12.7. The van der Waals surface area contributed by atoms with Gasteiger partial charge < -0.3 is 0 Å². The first kappa shape index (κ1) is 14.4. The molecule has 1 N–H and O–H groups in total. The van der Waals surface area contributed by atoms with Crippen molar-refractivity contribution >= 4 is 12.1 Å². The van der Waals surface area contributed by atoms with Crippen LogP contribution in [0.1, 0.15) is 17.0 Å². The molecule has 2 aromatic carbocycles. The summed E-state index contributed by atoms with van der Waals surface area (Å²) in [6, 6.07) is 16.3. The Labute approximate surface area is 121 Å².